The van der Waals surface area contributed by atoms with E-state index in [1.165, 1.54) is 14.0 Å². The van der Waals surface area contributed by atoms with Crippen LogP contribution in [0.2, 0.25) is 0 Å². The van der Waals surface area contributed by atoms with Gasteiger partial charge in [-0.05, 0) is 19.1 Å². The summed E-state index contributed by atoms with van der Waals surface area (Å²) in [6, 6.07) is 2.13. The summed E-state index contributed by atoms with van der Waals surface area (Å²) in [5.74, 6) is -2.30. The Morgan fingerprint density at radius 2 is 1.94 bits per heavy atom. The third kappa shape index (κ3) is 2.99. The van der Waals surface area contributed by atoms with Gasteiger partial charge in [-0.15, -0.1) is 0 Å². The van der Waals surface area contributed by atoms with Crippen molar-refractivity contribution in [1.29, 1.82) is 0 Å². The van der Waals surface area contributed by atoms with Gasteiger partial charge in [-0.1, -0.05) is 15.9 Å². The number of carbonyl (C=O) groups is 1. The molecule has 0 fully saturated rings. The van der Waals surface area contributed by atoms with Crippen molar-refractivity contribution in [1.82, 2.24) is 0 Å². The minimum atomic E-state index is -0.844. The van der Waals surface area contributed by atoms with E-state index in [4.69, 9.17) is 4.74 Å². The molecule has 0 heterocycles. The van der Waals surface area contributed by atoms with Crippen molar-refractivity contribution >= 4 is 27.5 Å². The van der Waals surface area contributed by atoms with Gasteiger partial charge < -0.3 is 10.1 Å². The molecular weight excluding hydrogens is 284 g/mol. The van der Waals surface area contributed by atoms with Crippen LogP contribution in [0.25, 0.3) is 0 Å². The van der Waals surface area contributed by atoms with Crippen molar-refractivity contribution < 1.29 is 18.3 Å². The molecule has 16 heavy (non-hydrogen) atoms. The van der Waals surface area contributed by atoms with Crippen molar-refractivity contribution in [2.24, 2.45) is 0 Å². The van der Waals surface area contributed by atoms with E-state index in [1.807, 2.05) is 0 Å². The summed E-state index contributed by atoms with van der Waals surface area (Å²) < 4.78 is 31.6. The molecule has 88 valence electrons. The highest BCUT2D eigenvalue weighted by atomic mass is 79.9. The van der Waals surface area contributed by atoms with Crippen LogP contribution in [0.5, 0.6) is 0 Å². The fourth-order valence-electron chi connectivity index (χ4n) is 0.993. The number of rotatable bonds is 3. The first-order valence-corrected chi connectivity index (χ1v) is 5.23. The van der Waals surface area contributed by atoms with Gasteiger partial charge >= 0.3 is 0 Å². The molecule has 0 aromatic heterocycles. The first-order valence-electron chi connectivity index (χ1n) is 4.44. The molecule has 1 aromatic carbocycles. The van der Waals surface area contributed by atoms with E-state index in [2.05, 4.69) is 21.2 Å². The van der Waals surface area contributed by atoms with Gasteiger partial charge in [0.2, 0.25) is 0 Å². The zero-order chi connectivity index (χ0) is 12.3. The lowest BCUT2D eigenvalue weighted by Crippen LogP contribution is -2.27. The van der Waals surface area contributed by atoms with Crippen LogP contribution in [0.15, 0.2) is 16.6 Å². The maximum absolute atomic E-state index is 13.3. The number of benzene rings is 1. The highest BCUT2D eigenvalue weighted by molar-refractivity contribution is 9.10. The second-order valence-electron chi connectivity index (χ2n) is 3.11. The Morgan fingerprint density at radius 1 is 1.44 bits per heavy atom. The average Bonchev–Trinajstić information content (AvgIpc) is 2.21. The van der Waals surface area contributed by atoms with Crippen LogP contribution in [-0.4, -0.2) is 19.1 Å². The van der Waals surface area contributed by atoms with Gasteiger partial charge in [-0.3, -0.25) is 4.79 Å². The lowest BCUT2D eigenvalue weighted by Gasteiger charge is -2.11. The minimum Gasteiger partial charge on any atom is -0.372 e. The summed E-state index contributed by atoms with van der Waals surface area (Å²) in [5.41, 5.74) is -0.475. The molecule has 6 heteroatoms. The van der Waals surface area contributed by atoms with Crippen LogP contribution in [0, 0.1) is 11.6 Å². The van der Waals surface area contributed by atoms with Gasteiger partial charge in [0.1, 0.15) is 11.8 Å². The van der Waals surface area contributed by atoms with Gasteiger partial charge in [0.05, 0.1) is 0 Å². The lowest BCUT2D eigenvalue weighted by atomic mass is 10.2. The summed E-state index contributed by atoms with van der Waals surface area (Å²) in [5, 5.41) is 2.12. The smallest absolute Gasteiger partial charge is 0.253 e. The highest BCUT2D eigenvalue weighted by Crippen LogP contribution is 2.23. The molecule has 1 atom stereocenters. The zero-order valence-electron chi connectivity index (χ0n) is 8.68. The van der Waals surface area contributed by atoms with Crippen molar-refractivity contribution in [3.8, 4) is 0 Å². The molecule has 0 bridgehead atoms. The van der Waals surface area contributed by atoms with Crippen LogP contribution in [0.4, 0.5) is 14.5 Å². The van der Waals surface area contributed by atoms with Gasteiger partial charge in [-0.2, -0.15) is 0 Å². The van der Waals surface area contributed by atoms with E-state index in [1.54, 1.807) is 0 Å². The molecule has 1 aromatic rings. The predicted octanol–water partition coefficient (Wildman–Crippen LogP) is 2.70. The van der Waals surface area contributed by atoms with E-state index in [0.29, 0.717) is 0 Å². The Morgan fingerprint density at radius 3 is 2.38 bits per heavy atom. The third-order valence-electron chi connectivity index (χ3n) is 1.98. The topological polar surface area (TPSA) is 38.3 Å². The number of methoxy groups -OCH3 is 1. The molecule has 0 aliphatic rings. The van der Waals surface area contributed by atoms with Crippen molar-refractivity contribution in [2.75, 3.05) is 12.4 Å². The van der Waals surface area contributed by atoms with Crippen LogP contribution < -0.4 is 5.32 Å². The second-order valence-corrected chi connectivity index (χ2v) is 4.03. The first-order chi connectivity index (χ1) is 7.45. The van der Waals surface area contributed by atoms with Crippen LogP contribution in [0.1, 0.15) is 6.92 Å². The summed E-state index contributed by atoms with van der Waals surface area (Å²) in [4.78, 5) is 11.4. The molecule has 0 spiro atoms. The Kier molecular flexibility index (Phi) is 4.37. The van der Waals surface area contributed by atoms with Gasteiger partial charge in [-0.25, -0.2) is 8.78 Å². The molecule has 1 amide bonds. The summed E-state index contributed by atoms with van der Waals surface area (Å²) >= 11 is 2.94. The van der Waals surface area contributed by atoms with Crippen LogP contribution >= 0.6 is 15.9 Å². The number of hydrogen-bond donors (Lipinski definition) is 1. The maximum Gasteiger partial charge on any atom is 0.253 e. The number of amides is 1. The SMILES string of the molecule is COC(C)C(=O)Nc1c(F)cc(Br)cc1F. The first kappa shape index (κ1) is 13.1. The molecule has 0 aliphatic carbocycles. The highest BCUT2D eigenvalue weighted by Gasteiger charge is 2.17. The molecule has 0 aliphatic heterocycles. The monoisotopic (exact) mass is 293 g/mol. The second kappa shape index (κ2) is 5.36. The van der Waals surface area contributed by atoms with Crippen molar-refractivity contribution in [3.05, 3.63) is 28.2 Å². The molecule has 1 N–H and O–H groups in total. The van der Waals surface area contributed by atoms with Crippen molar-refractivity contribution in [2.45, 2.75) is 13.0 Å². The molecule has 1 unspecified atom stereocenters. The molecule has 1 rings (SSSR count). The van der Waals surface area contributed by atoms with Gasteiger partial charge in [0.25, 0.3) is 5.91 Å². The Balaban J connectivity index is 2.93. The maximum atomic E-state index is 13.3. The number of halogens is 3. The van der Waals surface area contributed by atoms with Gasteiger partial charge in [0, 0.05) is 11.6 Å². The minimum absolute atomic E-state index is 0.264. The fourth-order valence-corrected chi connectivity index (χ4v) is 1.40. The standard InChI is InChI=1S/C10H10BrF2NO2/c1-5(16-2)10(15)14-9-7(12)3-6(11)4-8(9)13/h3-5H,1-2H3,(H,14,15). The van der Waals surface area contributed by atoms with E-state index in [9.17, 15) is 13.6 Å². The Bertz CT molecular complexity index is 389. The number of hydrogen-bond acceptors (Lipinski definition) is 2. The summed E-state index contributed by atoms with van der Waals surface area (Å²) in [6.07, 6.45) is -0.776. The Labute approximate surface area is 99.9 Å². The molecular formula is C10H10BrF2NO2. The third-order valence-corrected chi connectivity index (χ3v) is 2.44. The summed E-state index contributed by atoms with van der Waals surface area (Å²) in [7, 11) is 1.33. The van der Waals surface area contributed by atoms with Crippen LogP contribution in [-0.2, 0) is 9.53 Å². The normalized spacial score (nSPS) is 12.3. The number of carbonyl (C=O) groups excluding carboxylic acids is 1. The number of nitrogens with one attached hydrogen (secondary N) is 1. The lowest BCUT2D eigenvalue weighted by molar-refractivity contribution is -0.124. The summed E-state index contributed by atoms with van der Waals surface area (Å²) in [6.45, 7) is 1.48. The quantitative estimate of drug-likeness (QED) is 0.931. The van der Waals surface area contributed by atoms with E-state index < -0.39 is 29.3 Å². The average molecular weight is 294 g/mol. The van der Waals surface area contributed by atoms with Crippen molar-refractivity contribution in [3.63, 3.8) is 0 Å². The number of anilines is 1. The van der Waals surface area contributed by atoms with Crippen LogP contribution in [0.3, 0.4) is 0 Å². The molecule has 0 saturated carbocycles. The predicted molar refractivity (Wildman–Crippen MR) is 59.2 cm³/mol. The largest absolute Gasteiger partial charge is 0.372 e. The Hall–Kier alpha value is -1.01. The number of ether oxygens (including phenoxy) is 1. The zero-order valence-corrected chi connectivity index (χ0v) is 10.3. The van der Waals surface area contributed by atoms with E-state index in [0.717, 1.165) is 12.1 Å². The molecule has 0 radical (unpaired) electrons. The fraction of sp³-hybridized carbons (Fsp3) is 0.300. The van der Waals surface area contributed by atoms with E-state index in [-0.39, 0.29) is 4.47 Å². The van der Waals surface area contributed by atoms with Gasteiger partial charge in [0.15, 0.2) is 11.6 Å². The molecule has 3 nitrogen and oxygen atoms in total. The van der Waals surface area contributed by atoms with E-state index >= 15 is 0 Å². The molecule has 0 saturated heterocycles.